The second-order valence-electron chi connectivity index (χ2n) is 4.77. The van der Waals surface area contributed by atoms with Crippen LogP contribution in [-0.4, -0.2) is 16.4 Å². The monoisotopic (exact) mass is 394 g/mol. The summed E-state index contributed by atoms with van der Waals surface area (Å²) >= 11 is 2.79. The molecule has 0 saturated carbocycles. The number of hydrogen-bond acceptors (Lipinski definition) is 5. The van der Waals surface area contributed by atoms with Crippen LogP contribution in [0.5, 0.6) is 0 Å². The number of nitrogens with one attached hydrogen (secondary N) is 1. The van der Waals surface area contributed by atoms with Gasteiger partial charge in [0, 0.05) is 6.07 Å². The number of carbonyl (C=O) groups is 2. The Labute approximate surface area is 140 Å². The number of nitrogen functional groups attached to an aromatic ring is 1. The van der Waals surface area contributed by atoms with E-state index in [1.807, 2.05) is 5.32 Å². The number of halogens is 3. The van der Waals surface area contributed by atoms with E-state index >= 15 is 0 Å². The third-order valence-corrected chi connectivity index (χ3v) is 4.16. The van der Waals surface area contributed by atoms with Crippen molar-refractivity contribution in [2.75, 3.05) is 5.73 Å². The molecule has 0 unspecified atom stereocenters. The molecule has 120 valence electrons. The van der Waals surface area contributed by atoms with Gasteiger partial charge < -0.3 is 5.73 Å². The molecule has 0 aliphatic carbocycles. The summed E-state index contributed by atoms with van der Waals surface area (Å²) in [6, 6.07) is 2.86. The highest BCUT2D eigenvalue weighted by molar-refractivity contribution is 9.10. The molecule has 0 saturated heterocycles. The highest BCUT2D eigenvalue weighted by atomic mass is 79.9. The lowest BCUT2D eigenvalue weighted by Crippen LogP contribution is -2.25. The van der Waals surface area contributed by atoms with Gasteiger partial charge in [-0.05, 0) is 22.0 Å². The quantitative estimate of drug-likeness (QED) is 0.556. The zero-order valence-electron chi connectivity index (χ0n) is 11.5. The number of fused-ring (bicyclic) bond motifs is 1. The van der Waals surface area contributed by atoms with Gasteiger partial charge in [0.2, 0.25) is 0 Å². The predicted octanol–water partition coefficient (Wildman–Crippen LogP) is 1.22. The van der Waals surface area contributed by atoms with Gasteiger partial charge in [-0.25, -0.2) is 8.78 Å². The van der Waals surface area contributed by atoms with Gasteiger partial charge in [0.15, 0.2) is 5.82 Å². The summed E-state index contributed by atoms with van der Waals surface area (Å²) in [5.41, 5.74) is 3.07. The zero-order chi connectivity index (χ0) is 17.8. The van der Waals surface area contributed by atoms with E-state index in [1.165, 1.54) is 6.07 Å². The second-order valence-corrected chi connectivity index (χ2v) is 5.56. The van der Waals surface area contributed by atoms with Crippen LogP contribution in [0.15, 0.2) is 21.4 Å². The largest absolute Gasteiger partial charge is 0.384 e. The average Bonchev–Trinajstić information content (AvgIpc) is 2.80. The Morgan fingerprint density at radius 1 is 1.21 bits per heavy atom. The van der Waals surface area contributed by atoms with E-state index in [0.717, 1.165) is 6.07 Å². The minimum Gasteiger partial charge on any atom is -0.384 e. The molecule has 2 amide bonds. The number of rotatable bonds is 1. The molecule has 2 aromatic rings. The lowest BCUT2D eigenvalue weighted by molar-refractivity contribution is 0.0880. The molecule has 0 atom stereocenters. The van der Waals surface area contributed by atoms with Gasteiger partial charge >= 0.3 is 0 Å². The fourth-order valence-corrected chi connectivity index (χ4v) is 2.96. The number of nitrogens with two attached hydrogens (primary N) is 1. The van der Waals surface area contributed by atoms with Gasteiger partial charge in [0.1, 0.15) is 23.4 Å². The van der Waals surface area contributed by atoms with Crippen molar-refractivity contribution in [3.63, 3.8) is 0 Å². The van der Waals surface area contributed by atoms with Crippen LogP contribution in [0.3, 0.4) is 0 Å². The molecule has 0 radical (unpaired) electrons. The molecule has 2 heterocycles. The van der Waals surface area contributed by atoms with Gasteiger partial charge in [-0.2, -0.15) is 5.26 Å². The van der Waals surface area contributed by atoms with Crippen LogP contribution in [0.4, 0.5) is 14.6 Å². The van der Waals surface area contributed by atoms with Gasteiger partial charge in [0.05, 0.1) is 21.2 Å². The van der Waals surface area contributed by atoms with E-state index < -0.39 is 50.5 Å². The first-order chi connectivity index (χ1) is 11.3. The van der Waals surface area contributed by atoms with E-state index in [-0.39, 0.29) is 11.1 Å². The maximum absolute atomic E-state index is 14.3. The number of hydrogen-bond donors (Lipinski definition) is 2. The number of imide groups is 1. The smallest absolute Gasteiger partial charge is 0.262 e. The maximum Gasteiger partial charge on any atom is 0.262 e. The number of benzene rings is 1. The summed E-state index contributed by atoms with van der Waals surface area (Å²) in [6.07, 6.45) is 0. The normalized spacial score (nSPS) is 12.8. The Hall–Kier alpha value is -3.06. The average molecular weight is 395 g/mol. The topological polar surface area (TPSA) is 118 Å². The minimum atomic E-state index is -1.11. The van der Waals surface area contributed by atoms with E-state index in [4.69, 9.17) is 11.0 Å². The molecule has 1 aliphatic rings. The van der Waals surface area contributed by atoms with Crippen molar-refractivity contribution in [2.45, 2.75) is 0 Å². The molecule has 24 heavy (non-hydrogen) atoms. The van der Waals surface area contributed by atoms with Gasteiger partial charge in [-0.15, -0.1) is 0 Å². The number of pyridine rings is 1. The molecule has 10 heteroatoms. The highest BCUT2D eigenvalue weighted by Gasteiger charge is 2.33. The van der Waals surface area contributed by atoms with E-state index in [9.17, 15) is 23.2 Å². The van der Waals surface area contributed by atoms with Crippen molar-refractivity contribution in [2.24, 2.45) is 0 Å². The van der Waals surface area contributed by atoms with Crippen LogP contribution in [0.1, 0.15) is 26.3 Å². The lowest BCUT2D eigenvalue weighted by Gasteiger charge is -2.15. The third kappa shape index (κ3) is 2.02. The number of carbonyl (C=O) groups excluding carboxylic acids is 2. The van der Waals surface area contributed by atoms with E-state index in [2.05, 4.69) is 15.9 Å². The zero-order valence-corrected chi connectivity index (χ0v) is 13.1. The Morgan fingerprint density at radius 2 is 1.88 bits per heavy atom. The summed E-state index contributed by atoms with van der Waals surface area (Å²) in [4.78, 5) is 35.6. The first kappa shape index (κ1) is 15.8. The molecule has 7 nitrogen and oxygen atoms in total. The van der Waals surface area contributed by atoms with E-state index in [1.54, 1.807) is 0 Å². The van der Waals surface area contributed by atoms with Crippen molar-refractivity contribution in [3.05, 3.63) is 55.3 Å². The fourth-order valence-electron chi connectivity index (χ4n) is 2.38. The maximum atomic E-state index is 14.3. The number of amides is 2. The number of nitrogens with zero attached hydrogens (tertiary/aromatic N) is 2. The Morgan fingerprint density at radius 3 is 2.50 bits per heavy atom. The first-order valence-corrected chi connectivity index (χ1v) is 7.06. The van der Waals surface area contributed by atoms with Crippen molar-refractivity contribution in [3.8, 4) is 11.8 Å². The molecule has 0 fully saturated rings. The van der Waals surface area contributed by atoms with Crippen LogP contribution in [-0.2, 0) is 0 Å². The number of nitriles is 1. The summed E-state index contributed by atoms with van der Waals surface area (Å²) in [7, 11) is 0. The summed E-state index contributed by atoms with van der Waals surface area (Å²) in [5, 5.41) is 10.7. The lowest BCUT2D eigenvalue weighted by atomic mass is 10.1. The molecule has 3 N–H and O–H groups in total. The third-order valence-electron chi connectivity index (χ3n) is 3.43. The molecule has 0 spiro atoms. The minimum absolute atomic E-state index is 0.246. The van der Waals surface area contributed by atoms with Crippen LogP contribution in [0.2, 0.25) is 0 Å². The van der Waals surface area contributed by atoms with Gasteiger partial charge in [-0.3, -0.25) is 24.3 Å². The molecule has 0 bridgehead atoms. The summed E-state index contributed by atoms with van der Waals surface area (Å²) < 4.78 is 28.4. The standard InChI is InChI=1S/C14H5BrF2N4O3/c15-9-10(17)4(3-18)1-6(16)11(9)21-7(22)2-5-8(12(21)19)14(24)20-13(5)23/h1-2H,19H2,(H,20,23,24). The molecule has 1 aliphatic heterocycles. The van der Waals surface area contributed by atoms with Crippen LogP contribution >= 0.6 is 15.9 Å². The highest BCUT2D eigenvalue weighted by Crippen LogP contribution is 2.32. The Bertz CT molecular complexity index is 1060. The summed E-state index contributed by atoms with van der Waals surface area (Å²) in [6.45, 7) is 0. The van der Waals surface area contributed by atoms with Crippen LogP contribution in [0.25, 0.3) is 5.69 Å². The molecule has 1 aromatic heterocycles. The molecule has 1 aromatic carbocycles. The van der Waals surface area contributed by atoms with Crippen LogP contribution < -0.4 is 16.6 Å². The number of aromatic nitrogens is 1. The van der Waals surface area contributed by atoms with Crippen molar-refractivity contribution in [1.29, 1.82) is 5.26 Å². The van der Waals surface area contributed by atoms with E-state index in [0.29, 0.717) is 10.6 Å². The fraction of sp³-hybridized carbons (Fsp3) is 0. The Kier molecular flexibility index (Phi) is 3.46. The SMILES string of the molecule is N#Cc1cc(F)c(-n2c(N)c3c(cc2=O)C(=O)NC3=O)c(Br)c1F. The Balaban J connectivity index is 2.43. The van der Waals surface area contributed by atoms with Gasteiger partial charge in [0.25, 0.3) is 17.4 Å². The summed E-state index contributed by atoms with van der Waals surface area (Å²) in [5.74, 6) is -4.40. The van der Waals surface area contributed by atoms with Crippen LogP contribution in [0, 0.1) is 23.0 Å². The molecule has 3 rings (SSSR count). The molecular formula is C14H5BrF2N4O3. The first-order valence-electron chi connectivity index (χ1n) is 6.27. The van der Waals surface area contributed by atoms with Crippen molar-refractivity contribution >= 4 is 33.6 Å². The molecular weight excluding hydrogens is 390 g/mol. The van der Waals surface area contributed by atoms with Crippen molar-refractivity contribution in [1.82, 2.24) is 9.88 Å². The van der Waals surface area contributed by atoms with Crippen molar-refractivity contribution < 1.29 is 18.4 Å². The number of anilines is 1. The van der Waals surface area contributed by atoms with Gasteiger partial charge in [-0.1, -0.05) is 0 Å². The predicted molar refractivity (Wildman–Crippen MR) is 80.6 cm³/mol. The second kappa shape index (κ2) is 5.24.